The van der Waals surface area contributed by atoms with Crippen LogP contribution >= 0.6 is 12.4 Å². The Hall–Kier alpha value is -2.18. The summed E-state index contributed by atoms with van der Waals surface area (Å²) in [5, 5.41) is 0. The van der Waals surface area contributed by atoms with Gasteiger partial charge in [-0.25, -0.2) is 8.78 Å². The number of rotatable bonds is 2. The minimum absolute atomic E-state index is 0. The van der Waals surface area contributed by atoms with E-state index >= 15 is 0 Å². The van der Waals surface area contributed by atoms with E-state index in [1.54, 1.807) is 24.3 Å². The Labute approximate surface area is 138 Å². The van der Waals surface area contributed by atoms with Crippen molar-refractivity contribution in [2.75, 3.05) is 11.5 Å². The maximum Gasteiger partial charge on any atom is 0.247 e. The van der Waals surface area contributed by atoms with Gasteiger partial charge in [-0.3, -0.25) is 4.79 Å². The lowest BCUT2D eigenvalue weighted by molar-refractivity contribution is -0.120. The number of hydrogen-bond donors (Lipinski definition) is 1. The molecule has 1 atom stereocenters. The van der Waals surface area contributed by atoms with Gasteiger partial charge in [0.15, 0.2) is 0 Å². The van der Waals surface area contributed by atoms with E-state index in [0.29, 0.717) is 17.0 Å². The standard InChI is InChI=1S/C16H14F2N2O2.ClH/c17-11-5-10(6-12(18)7-11)8-20-14-3-1-2-4-15(14)22-9-13(19)16(20)21;/h1-7,13H,8-9,19H2;1H/t13-;/m0./s1. The number of carbonyl (C=O) groups is 1. The number of anilines is 1. The average Bonchev–Trinajstić information content (AvgIpc) is 2.59. The second-order valence-corrected chi connectivity index (χ2v) is 5.09. The topological polar surface area (TPSA) is 55.6 Å². The molecule has 1 aliphatic rings. The molecule has 0 aliphatic carbocycles. The molecule has 0 radical (unpaired) electrons. The Bertz CT molecular complexity index is 707. The second-order valence-electron chi connectivity index (χ2n) is 5.09. The van der Waals surface area contributed by atoms with Crippen LogP contribution in [0.15, 0.2) is 42.5 Å². The Morgan fingerprint density at radius 3 is 2.52 bits per heavy atom. The number of benzene rings is 2. The fraction of sp³-hybridized carbons (Fsp3) is 0.188. The van der Waals surface area contributed by atoms with E-state index in [0.717, 1.165) is 6.07 Å². The highest BCUT2D eigenvalue weighted by Gasteiger charge is 2.29. The molecule has 2 aromatic carbocycles. The summed E-state index contributed by atoms with van der Waals surface area (Å²) in [6.07, 6.45) is 0. The maximum atomic E-state index is 13.3. The zero-order chi connectivity index (χ0) is 15.7. The molecule has 1 aliphatic heterocycles. The summed E-state index contributed by atoms with van der Waals surface area (Å²) in [5.41, 5.74) is 6.67. The van der Waals surface area contributed by atoms with E-state index in [2.05, 4.69) is 0 Å². The van der Waals surface area contributed by atoms with E-state index in [1.807, 2.05) is 0 Å². The molecule has 2 N–H and O–H groups in total. The fourth-order valence-electron chi connectivity index (χ4n) is 2.42. The third-order valence-electron chi connectivity index (χ3n) is 3.42. The van der Waals surface area contributed by atoms with Crippen molar-refractivity contribution in [3.05, 3.63) is 59.7 Å². The van der Waals surface area contributed by atoms with Gasteiger partial charge in [-0.2, -0.15) is 0 Å². The van der Waals surface area contributed by atoms with Crippen molar-refractivity contribution in [1.82, 2.24) is 0 Å². The highest BCUT2D eigenvalue weighted by atomic mass is 35.5. The minimum Gasteiger partial charge on any atom is -0.489 e. The molecule has 7 heteroatoms. The van der Waals surface area contributed by atoms with Gasteiger partial charge < -0.3 is 15.4 Å². The van der Waals surface area contributed by atoms with Crippen molar-refractivity contribution in [1.29, 1.82) is 0 Å². The summed E-state index contributed by atoms with van der Waals surface area (Å²) in [5.74, 6) is -1.22. The number of fused-ring (bicyclic) bond motifs is 1. The van der Waals surface area contributed by atoms with Crippen molar-refractivity contribution < 1.29 is 18.3 Å². The predicted octanol–water partition coefficient (Wildman–Crippen LogP) is 2.64. The number of halogens is 3. The molecule has 1 amide bonds. The molecule has 122 valence electrons. The number of para-hydroxylation sites is 2. The lowest BCUT2D eigenvalue weighted by Gasteiger charge is -2.23. The maximum absolute atomic E-state index is 13.3. The summed E-state index contributed by atoms with van der Waals surface area (Å²) >= 11 is 0. The lowest BCUT2D eigenvalue weighted by atomic mass is 10.1. The molecule has 0 unspecified atom stereocenters. The Morgan fingerprint density at radius 2 is 1.83 bits per heavy atom. The molecule has 0 fully saturated rings. The van der Waals surface area contributed by atoms with Gasteiger partial charge in [-0.15, -0.1) is 12.4 Å². The summed E-state index contributed by atoms with van der Waals surface area (Å²) < 4.78 is 32.2. The summed E-state index contributed by atoms with van der Waals surface area (Å²) in [4.78, 5) is 13.8. The molecule has 3 rings (SSSR count). The Balaban J connectivity index is 0.00000192. The summed E-state index contributed by atoms with van der Waals surface area (Å²) in [6.45, 7) is 0.0748. The third kappa shape index (κ3) is 3.60. The van der Waals surface area contributed by atoms with Crippen molar-refractivity contribution in [3.8, 4) is 5.75 Å². The van der Waals surface area contributed by atoms with Crippen LogP contribution in [0.1, 0.15) is 5.56 Å². The third-order valence-corrected chi connectivity index (χ3v) is 3.42. The number of carbonyl (C=O) groups excluding carboxylic acids is 1. The van der Waals surface area contributed by atoms with Gasteiger partial charge in [-0.05, 0) is 29.8 Å². The van der Waals surface area contributed by atoms with Crippen LogP contribution in [-0.4, -0.2) is 18.6 Å². The molecule has 0 aromatic heterocycles. The second kappa shape index (κ2) is 6.93. The van der Waals surface area contributed by atoms with Crippen molar-refractivity contribution in [2.45, 2.75) is 12.6 Å². The quantitative estimate of drug-likeness (QED) is 0.914. The molecule has 2 aromatic rings. The Morgan fingerprint density at radius 1 is 1.17 bits per heavy atom. The lowest BCUT2D eigenvalue weighted by Crippen LogP contribution is -2.45. The normalized spacial score (nSPS) is 16.9. The van der Waals surface area contributed by atoms with Crippen molar-refractivity contribution in [3.63, 3.8) is 0 Å². The molecule has 4 nitrogen and oxygen atoms in total. The first kappa shape index (κ1) is 17.2. The van der Waals surface area contributed by atoms with Crippen LogP contribution in [0, 0.1) is 11.6 Å². The number of nitrogens with zero attached hydrogens (tertiary/aromatic N) is 1. The van der Waals surface area contributed by atoms with Crippen molar-refractivity contribution >= 4 is 24.0 Å². The smallest absolute Gasteiger partial charge is 0.247 e. The largest absolute Gasteiger partial charge is 0.489 e. The van der Waals surface area contributed by atoms with Gasteiger partial charge in [0.05, 0.1) is 12.2 Å². The zero-order valence-electron chi connectivity index (χ0n) is 12.0. The van der Waals surface area contributed by atoms with Crippen molar-refractivity contribution in [2.24, 2.45) is 5.73 Å². The zero-order valence-corrected chi connectivity index (χ0v) is 12.9. The van der Waals surface area contributed by atoms with E-state index in [4.69, 9.17) is 10.5 Å². The SMILES string of the molecule is Cl.N[C@H]1COc2ccccc2N(Cc2cc(F)cc(F)c2)C1=O. The highest BCUT2D eigenvalue weighted by molar-refractivity contribution is 5.99. The van der Waals surface area contributed by atoms with Crippen LogP contribution in [0.5, 0.6) is 5.75 Å². The van der Waals surface area contributed by atoms with Gasteiger partial charge >= 0.3 is 0 Å². The van der Waals surface area contributed by atoms with Crippen LogP contribution in [0.2, 0.25) is 0 Å². The van der Waals surface area contributed by atoms with Crippen LogP contribution in [0.25, 0.3) is 0 Å². The van der Waals surface area contributed by atoms with E-state index < -0.39 is 17.7 Å². The fourth-order valence-corrected chi connectivity index (χ4v) is 2.42. The number of hydrogen-bond acceptors (Lipinski definition) is 3. The average molecular weight is 341 g/mol. The molecular weight excluding hydrogens is 326 g/mol. The highest BCUT2D eigenvalue weighted by Crippen LogP contribution is 2.32. The molecule has 0 saturated heterocycles. The van der Waals surface area contributed by atoms with Gasteiger partial charge in [-0.1, -0.05) is 12.1 Å². The van der Waals surface area contributed by atoms with E-state index in [9.17, 15) is 13.6 Å². The minimum atomic E-state index is -0.828. The molecule has 1 heterocycles. The van der Waals surface area contributed by atoms with Gasteiger partial charge in [0.1, 0.15) is 30.0 Å². The van der Waals surface area contributed by atoms with Crippen LogP contribution in [0.3, 0.4) is 0 Å². The van der Waals surface area contributed by atoms with E-state index in [1.165, 1.54) is 17.0 Å². The summed E-state index contributed by atoms with van der Waals surface area (Å²) in [7, 11) is 0. The molecule has 23 heavy (non-hydrogen) atoms. The number of nitrogens with two attached hydrogens (primary N) is 1. The molecule has 0 bridgehead atoms. The first-order chi connectivity index (χ1) is 10.5. The predicted molar refractivity (Wildman–Crippen MR) is 84.7 cm³/mol. The van der Waals surface area contributed by atoms with Gasteiger partial charge in [0.2, 0.25) is 5.91 Å². The number of amides is 1. The van der Waals surface area contributed by atoms with Crippen LogP contribution < -0.4 is 15.4 Å². The van der Waals surface area contributed by atoms with Crippen LogP contribution in [0.4, 0.5) is 14.5 Å². The first-order valence-electron chi connectivity index (χ1n) is 6.78. The molecular formula is C16H15ClF2N2O2. The monoisotopic (exact) mass is 340 g/mol. The Kier molecular flexibility index (Phi) is 5.18. The first-order valence-corrected chi connectivity index (χ1v) is 6.78. The van der Waals surface area contributed by atoms with Gasteiger partial charge in [0.25, 0.3) is 0 Å². The number of ether oxygens (including phenoxy) is 1. The van der Waals surface area contributed by atoms with Crippen LogP contribution in [-0.2, 0) is 11.3 Å². The summed E-state index contributed by atoms with van der Waals surface area (Å²) in [6, 6.07) is 9.31. The molecule has 0 saturated carbocycles. The van der Waals surface area contributed by atoms with E-state index in [-0.39, 0.29) is 31.5 Å². The van der Waals surface area contributed by atoms with Gasteiger partial charge in [0, 0.05) is 6.07 Å². The molecule has 0 spiro atoms.